The molecule has 0 spiro atoms. The lowest BCUT2D eigenvalue weighted by atomic mass is 9.74. The Hall–Kier alpha value is -1.77. The van der Waals surface area contributed by atoms with E-state index in [4.69, 9.17) is 0 Å². The fourth-order valence-corrected chi connectivity index (χ4v) is 2.76. The first-order valence-corrected chi connectivity index (χ1v) is 6.64. The van der Waals surface area contributed by atoms with Gasteiger partial charge >= 0.3 is 0 Å². The van der Waals surface area contributed by atoms with Gasteiger partial charge in [0.05, 0.1) is 5.41 Å². The molecule has 0 radical (unpaired) electrons. The molecule has 3 heteroatoms. The van der Waals surface area contributed by atoms with Crippen LogP contribution in [-0.2, 0) is 20.8 Å². The summed E-state index contributed by atoms with van der Waals surface area (Å²) in [5.41, 5.74) is 0.0298. The Morgan fingerprint density at radius 2 is 1.68 bits per heavy atom. The van der Waals surface area contributed by atoms with Crippen LogP contribution < -0.4 is 0 Å². The van der Waals surface area contributed by atoms with E-state index in [-0.39, 0.29) is 17.3 Å². The number of ketones is 3. The van der Waals surface area contributed by atoms with E-state index in [9.17, 15) is 14.4 Å². The summed E-state index contributed by atoms with van der Waals surface area (Å²) in [5.74, 6) is 0.0325. The van der Waals surface area contributed by atoms with E-state index in [1.54, 1.807) is 0 Å². The van der Waals surface area contributed by atoms with Gasteiger partial charge in [0.25, 0.3) is 0 Å². The molecule has 0 heterocycles. The zero-order chi connectivity index (χ0) is 13.9. The molecular weight excluding hydrogens is 240 g/mol. The number of benzene rings is 1. The zero-order valence-corrected chi connectivity index (χ0v) is 11.1. The highest BCUT2D eigenvalue weighted by molar-refractivity contribution is 6.13. The SMILES string of the molecule is CC(=O)CCC1(Cc2ccccc2)C(=O)CCC1=O. The first-order valence-electron chi connectivity index (χ1n) is 6.64. The Morgan fingerprint density at radius 3 is 2.21 bits per heavy atom. The molecule has 0 unspecified atom stereocenters. The van der Waals surface area contributed by atoms with Gasteiger partial charge in [0.1, 0.15) is 17.3 Å². The minimum Gasteiger partial charge on any atom is -0.300 e. The van der Waals surface area contributed by atoms with Crippen LogP contribution in [0.1, 0.15) is 38.2 Å². The molecule has 3 nitrogen and oxygen atoms in total. The zero-order valence-electron chi connectivity index (χ0n) is 11.1. The number of carbonyl (C=O) groups is 3. The van der Waals surface area contributed by atoms with Crippen LogP contribution in [0, 0.1) is 5.41 Å². The van der Waals surface area contributed by atoms with Crippen molar-refractivity contribution < 1.29 is 14.4 Å². The number of carbonyl (C=O) groups excluding carboxylic acids is 3. The largest absolute Gasteiger partial charge is 0.300 e. The van der Waals surface area contributed by atoms with Gasteiger partial charge in [0.15, 0.2) is 0 Å². The highest BCUT2D eigenvalue weighted by Gasteiger charge is 2.48. The molecule has 0 N–H and O–H groups in total. The third-order valence-corrected chi connectivity index (χ3v) is 3.90. The van der Waals surface area contributed by atoms with E-state index < -0.39 is 5.41 Å². The van der Waals surface area contributed by atoms with Crippen molar-refractivity contribution in [3.05, 3.63) is 35.9 Å². The smallest absolute Gasteiger partial charge is 0.147 e. The van der Waals surface area contributed by atoms with Gasteiger partial charge in [-0.1, -0.05) is 30.3 Å². The van der Waals surface area contributed by atoms with Crippen LogP contribution in [0.3, 0.4) is 0 Å². The predicted octanol–water partition coefficient (Wildman–Crippen LogP) is 2.52. The Kier molecular flexibility index (Phi) is 3.93. The molecule has 1 saturated carbocycles. The van der Waals surface area contributed by atoms with Crippen LogP contribution in [0.2, 0.25) is 0 Å². The van der Waals surface area contributed by atoms with Gasteiger partial charge in [-0.3, -0.25) is 9.59 Å². The van der Waals surface area contributed by atoms with Gasteiger partial charge in [-0.05, 0) is 25.3 Å². The molecule has 2 rings (SSSR count). The van der Waals surface area contributed by atoms with Gasteiger partial charge in [0, 0.05) is 19.3 Å². The van der Waals surface area contributed by atoms with E-state index >= 15 is 0 Å². The van der Waals surface area contributed by atoms with Crippen LogP contribution in [-0.4, -0.2) is 17.3 Å². The molecule has 0 aromatic heterocycles. The van der Waals surface area contributed by atoms with Crippen LogP contribution in [0.5, 0.6) is 0 Å². The molecule has 0 saturated heterocycles. The lowest BCUT2D eigenvalue weighted by molar-refractivity contribution is -0.135. The van der Waals surface area contributed by atoms with Gasteiger partial charge in [-0.25, -0.2) is 0 Å². The highest BCUT2D eigenvalue weighted by Crippen LogP contribution is 2.39. The maximum Gasteiger partial charge on any atom is 0.147 e. The lowest BCUT2D eigenvalue weighted by Gasteiger charge is -2.25. The monoisotopic (exact) mass is 258 g/mol. The second-order valence-corrected chi connectivity index (χ2v) is 5.29. The molecule has 19 heavy (non-hydrogen) atoms. The maximum absolute atomic E-state index is 12.2. The van der Waals surface area contributed by atoms with Crippen molar-refractivity contribution in [2.24, 2.45) is 5.41 Å². The van der Waals surface area contributed by atoms with Crippen LogP contribution in [0.4, 0.5) is 0 Å². The summed E-state index contributed by atoms with van der Waals surface area (Å²) >= 11 is 0. The first kappa shape index (κ1) is 13.7. The van der Waals surface area contributed by atoms with Crippen molar-refractivity contribution in [2.45, 2.75) is 39.0 Å². The van der Waals surface area contributed by atoms with Crippen molar-refractivity contribution >= 4 is 17.3 Å². The van der Waals surface area contributed by atoms with Crippen molar-refractivity contribution in [3.8, 4) is 0 Å². The van der Waals surface area contributed by atoms with Crippen molar-refractivity contribution in [1.82, 2.24) is 0 Å². The fourth-order valence-electron chi connectivity index (χ4n) is 2.76. The summed E-state index contributed by atoms with van der Waals surface area (Å²) < 4.78 is 0. The lowest BCUT2D eigenvalue weighted by Crippen LogP contribution is -2.35. The molecule has 0 amide bonds. The number of rotatable bonds is 5. The third-order valence-electron chi connectivity index (χ3n) is 3.90. The number of hydrogen-bond donors (Lipinski definition) is 0. The summed E-state index contributed by atoms with van der Waals surface area (Å²) in [6.45, 7) is 1.50. The van der Waals surface area contributed by atoms with Gasteiger partial charge in [-0.15, -0.1) is 0 Å². The highest BCUT2D eigenvalue weighted by atomic mass is 16.2. The van der Waals surface area contributed by atoms with Crippen LogP contribution >= 0.6 is 0 Å². The molecule has 1 aliphatic rings. The predicted molar refractivity (Wildman–Crippen MR) is 71.7 cm³/mol. The van der Waals surface area contributed by atoms with E-state index in [2.05, 4.69) is 0 Å². The van der Waals surface area contributed by atoms with Gasteiger partial charge in [0.2, 0.25) is 0 Å². The second kappa shape index (κ2) is 5.47. The quantitative estimate of drug-likeness (QED) is 0.762. The summed E-state index contributed by atoms with van der Waals surface area (Å²) in [4.78, 5) is 35.6. The van der Waals surface area contributed by atoms with Crippen LogP contribution in [0.15, 0.2) is 30.3 Å². The average molecular weight is 258 g/mol. The van der Waals surface area contributed by atoms with E-state index in [0.717, 1.165) is 5.56 Å². The Bertz CT molecular complexity index is 486. The minimum atomic E-state index is -0.951. The summed E-state index contributed by atoms with van der Waals surface area (Å²) in [6.07, 6.45) is 1.73. The minimum absolute atomic E-state index is 0.00241. The molecule has 1 aromatic rings. The summed E-state index contributed by atoms with van der Waals surface area (Å²) in [6, 6.07) is 9.56. The second-order valence-electron chi connectivity index (χ2n) is 5.29. The van der Waals surface area contributed by atoms with E-state index in [1.165, 1.54) is 6.92 Å². The molecule has 0 bridgehead atoms. The molecular formula is C16H18O3. The van der Waals surface area contributed by atoms with Crippen molar-refractivity contribution in [3.63, 3.8) is 0 Å². The van der Waals surface area contributed by atoms with Gasteiger partial charge < -0.3 is 4.79 Å². The van der Waals surface area contributed by atoms with Crippen LogP contribution in [0.25, 0.3) is 0 Å². The summed E-state index contributed by atoms with van der Waals surface area (Å²) in [7, 11) is 0. The van der Waals surface area contributed by atoms with Crippen molar-refractivity contribution in [1.29, 1.82) is 0 Å². The Morgan fingerprint density at radius 1 is 1.11 bits per heavy atom. The third kappa shape index (κ3) is 2.80. The molecule has 1 fully saturated rings. The van der Waals surface area contributed by atoms with E-state index in [1.807, 2.05) is 30.3 Å². The number of hydrogen-bond acceptors (Lipinski definition) is 3. The Balaban J connectivity index is 2.26. The molecule has 100 valence electrons. The Labute approximate surface area is 113 Å². The fraction of sp³-hybridized carbons (Fsp3) is 0.438. The van der Waals surface area contributed by atoms with Gasteiger partial charge in [-0.2, -0.15) is 0 Å². The molecule has 1 aromatic carbocycles. The topological polar surface area (TPSA) is 51.2 Å². The summed E-state index contributed by atoms with van der Waals surface area (Å²) in [5, 5.41) is 0. The van der Waals surface area contributed by atoms with Crippen molar-refractivity contribution in [2.75, 3.05) is 0 Å². The standard InChI is InChI=1S/C16H18O3/c1-12(17)9-10-16(14(18)7-8-15(16)19)11-13-5-3-2-4-6-13/h2-6H,7-11H2,1H3. The normalized spacial score (nSPS) is 17.7. The maximum atomic E-state index is 12.2. The molecule has 1 aliphatic carbocycles. The number of Topliss-reactive ketones (excluding diaryl/α,β-unsaturated/α-hetero) is 3. The molecule has 0 aliphatic heterocycles. The van der Waals surface area contributed by atoms with E-state index in [0.29, 0.717) is 32.1 Å². The first-order chi connectivity index (χ1) is 9.04. The average Bonchev–Trinajstić information content (AvgIpc) is 2.66. The molecule has 0 atom stereocenters.